The van der Waals surface area contributed by atoms with Gasteiger partial charge in [-0.2, -0.15) is 0 Å². The number of aliphatic hydroxyl groups excluding tert-OH is 1. The number of hydrogen-bond acceptors (Lipinski definition) is 3. The van der Waals surface area contributed by atoms with Crippen molar-refractivity contribution in [1.82, 2.24) is 4.98 Å². The van der Waals surface area contributed by atoms with Crippen molar-refractivity contribution in [3.8, 4) is 0 Å². The van der Waals surface area contributed by atoms with Crippen LogP contribution < -0.4 is 5.32 Å². The molecule has 0 bridgehead atoms. The third-order valence-corrected chi connectivity index (χ3v) is 3.70. The Morgan fingerprint density at radius 3 is 2.63 bits per heavy atom. The van der Waals surface area contributed by atoms with Crippen LogP contribution in [0.25, 0.3) is 10.9 Å². The monoisotopic (exact) mass is 258 g/mol. The Labute approximate surface area is 114 Å². The van der Waals surface area contributed by atoms with Gasteiger partial charge in [-0.05, 0) is 23.6 Å². The number of benzene rings is 1. The summed E-state index contributed by atoms with van der Waals surface area (Å²) in [7, 11) is 0. The minimum Gasteiger partial charge on any atom is -0.392 e. The summed E-state index contributed by atoms with van der Waals surface area (Å²) in [4.78, 5) is 4.60. The molecule has 3 heteroatoms. The van der Waals surface area contributed by atoms with Crippen LogP contribution in [-0.4, -0.2) is 16.6 Å². The molecule has 0 radical (unpaired) electrons. The molecule has 0 saturated heterocycles. The van der Waals surface area contributed by atoms with E-state index in [4.69, 9.17) is 0 Å². The topological polar surface area (TPSA) is 45.1 Å². The van der Waals surface area contributed by atoms with Crippen molar-refractivity contribution in [3.63, 3.8) is 0 Å². The molecule has 1 heterocycles. The molecule has 1 aromatic carbocycles. The number of rotatable bonds is 6. The van der Waals surface area contributed by atoms with E-state index in [1.54, 1.807) is 0 Å². The normalized spacial score (nSPS) is 11.2. The molecule has 0 atom stereocenters. The number of aliphatic hydroxyl groups is 1. The molecular weight excluding hydrogens is 236 g/mol. The second-order valence-corrected chi connectivity index (χ2v) is 4.91. The number of nitrogens with zero attached hydrogens (tertiary/aromatic N) is 1. The van der Waals surface area contributed by atoms with E-state index in [9.17, 15) is 5.11 Å². The molecule has 2 rings (SSSR count). The molecule has 0 fully saturated rings. The highest BCUT2D eigenvalue weighted by molar-refractivity contribution is 5.83. The zero-order valence-electron chi connectivity index (χ0n) is 11.7. The van der Waals surface area contributed by atoms with Crippen LogP contribution in [0.15, 0.2) is 30.3 Å². The first-order chi connectivity index (χ1) is 9.28. The van der Waals surface area contributed by atoms with E-state index in [1.807, 2.05) is 30.3 Å². The molecule has 0 aliphatic rings. The minimum atomic E-state index is 0.0443. The van der Waals surface area contributed by atoms with Crippen molar-refractivity contribution in [2.75, 3.05) is 11.9 Å². The van der Waals surface area contributed by atoms with Crippen molar-refractivity contribution >= 4 is 16.7 Å². The highest BCUT2D eigenvalue weighted by Crippen LogP contribution is 2.21. The van der Waals surface area contributed by atoms with Crippen molar-refractivity contribution in [1.29, 1.82) is 0 Å². The van der Waals surface area contributed by atoms with Crippen LogP contribution in [-0.2, 0) is 6.61 Å². The minimum absolute atomic E-state index is 0.0443. The molecule has 19 heavy (non-hydrogen) atoms. The first kappa shape index (κ1) is 13.8. The quantitative estimate of drug-likeness (QED) is 0.832. The smallest absolute Gasteiger partial charge is 0.127 e. The van der Waals surface area contributed by atoms with Gasteiger partial charge >= 0.3 is 0 Å². The standard InChI is InChI=1S/C16H22N2O/c1-3-12(4-2)10-17-16-9-13(11-19)14-7-5-6-8-15(14)18-16/h5-9,12,19H,3-4,10-11H2,1-2H3,(H,17,18). The van der Waals surface area contributed by atoms with E-state index < -0.39 is 0 Å². The number of fused-ring (bicyclic) bond motifs is 1. The van der Waals surface area contributed by atoms with Gasteiger partial charge in [-0.1, -0.05) is 44.9 Å². The van der Waals surface area contributed by atoms with E-state index in [0.717, 1.165) is 28.8 Å². The van der Waals surface area contributed by atoms with Crippen molar-refractivity contribution < 1.29 is 5.11 Å². The van der Waals surface area contributed by atoms with Gasteiger partial charge in [0.25, 0.3) is 0 Å². The lowest BCUT2D eigenvalue weighted by Crippen LogP contribution is -2.13. The Hall–Kier alpha value is -1.61. The molecule has 0 spiro atoms. The Balaban J connectivity index is 2.24. The SMILES string of the molecule is CCC(CC)CNc1cc(CO)c2ccccc2n1. The molecule has 1 aromatic heterocycles. The van der Waals surface area contributed by atoms with Crippen LogP contribution in [0.5, 0.6) is 0 Å². The molecule has 0 aliphatic carbocycles. The maximum Gasteiger partial charge on any atom is 0.127 e. The third-order valence-electron chi connectivity index (χ3n) is 3.70. The number of hydrogen-bond donors (Lipinski definition) is 2. The lowest BCUT2D eigenvalue weighted by molar-refractivity contribution is 0.283. The van der Waals surface area contributed by atoms with E-state index in [0.29, 0.717) is 5.92 Å². The van der Waals surface area contributed by atoms with Crippen LogP contribution in [0.3, 0.4) is 0 Å². The number of para-hydroxylation sites is 1. The van der Waals surface area contributed by atoms with Gasteiger partial charge in [0.2, 0.25) is 0 Å². The average molecular weight is 258 g/mol. The molecule has 102 valence electrons. The first-order valence-corrected chi connectivity index (χ1v) is 7.01. The Bertz CT molecular complexity index is 535. The highest BCUT2D eigenvalue weighted by atomic mass is 16.3. The van der Waals surface area contributed by atoms with Crippen LogP contribution in [0, 0.1) is 5.92 Å². The summed E-state index contributed by atoms with van der Waals surface area (Å²) in [5.74, 6) is 1.53. The maximum absolute atomic E-state index is 9.47. The van der Waals surface area contributed by atoms with E-state index in [-0.39, 0.29) is 6.61 Å². The second kappa shape index (κ2) is 6.53. The molecule has 0 aliphatic heterocycles. The molecule has 2 N–H and O–H groups in total. The number of nitrogens with one attached hydrogen (secondary N) is 1. The van der Waals surface area contributed by atoms with Gasteiger partial charge in [0, 0.05) is 11.9 Å². The van der Waals surface area contributed by atoms with Gasteiger partial charge in [-0.25, -0.2) is 4.98 Å². The fraction of sp³-hybridized carbons (Fsp3) is 0.438. The van der Waals surface area contributed by atoms with Gasteiger partial charge in [0.1, 0.15) is 5.82 Å². The fourth-order valence-electron chi connectivity index (χ4n) is 2.30. The summed E-state index contributed by atoms with van der Waals surface area (Å²) >= 11 is 0. The molecule has 0 amide bonds. The summed E-state index contributed by atoms with van der Waals surface area (Å²) in [6, 6.07) is 9.88. The van der Waals surface area contributed by atoms with E-state index >= 15 is 0 Å². The highest BCUT2D eigenvalue weighted by Gasteiger charge is 2.07. The van der Waals surface area contributed by atoms with Gasteiger partial charge in [0.15, 0.2) is 0 Å². The van der Waals surface area contributed by atoms with Crippen LogP contribution in [0.2, 0.25) is 0 Å². The lowest BCUT2D eigenvalue weighted by Gasteiger charge is -2.15. The van der Waals surface area contributed by atoms with E-state index in [2.05, 4.69) is 24.1 Å². The van der Waals surface area contributed by atoms with Crippen LogP contribution in [0.1, 0.15) is 32.3 Å². The van der Waals surface area contributed by atoms with Gasteiger partial charge in [-0.15, -0.1) is 0 Å². The van der Waals surface area contributed by atoms with Crippen molar-refractivity contribution in [2.24, 2.45) is 5.92 Å². The van der Waals surface area contributed by atoms with Crippen molar-refractivity contribution in [3.05, 3.63) is 35.9 Å². The third kappa shape index (κ3) is 3.24. The number of anilines is 1. The number of aromatic nitrogens is 1. The predicted octanol–water partition coefficient (Wildman–Crippen LogP) is 3.58. The van der Waals surface area contributed by atoms with Gasteiger partial charge in [0.05, 0.1) is 12.1 Å². The summed E-state index contributed by atoms with van der Waals surface area (Å²) in [6.45, 7) is 5.40. The predicted molar refractivity (Wildman–Crippen MR) is 80.2 cm³/mol. The summed E-state index contributed by atoms with van der Waals surface area (Å²) in [5.41, 5.74) is 1.86. The largest absolute Gasteiger partial charge is 0.392 e. The zero-order chi connectivity index (χ0) is 13.7. The van der Waals surface area contributed by atoms with Gasteiger partial charge in [-0.3, -0.25) is 0 Å². The fourth-order valence-corrected chi connectivity index (χ4v) is 2.30. The zero-order valence-corrected chi connectivity index (χ0v) is 11.7. The summed E-state index contributed by atoms with van der Waals surface area (Å²) < 4.78 is 0. The average Bonchev–Trinajstić information content (AvgIpc) is 2.47. The Morgan fingerprint density at radius 2 is 1.95 bits per heavy atom. The van der Waals surface area contributed by atoms with E-state index in [1.165, 1.54) is 12.8 Å². The lowest BCUT2D eigenvalue weighted by atomic mass is 10.0. The molecule has 0 saturated carbocycles. The molecular formula is C16H22N2O. The second-order valence-electron chi connectivity index (χ2n) is 4.91. The first-order valence-electron chi connectivity index (χ1n) is 7.01. The van der Waals surface area contributed by atoms with Crippen LogP contribution >= 0.6 is 0 Å². The van der Waals surface area contributed by atoms with Crippen molar-refractivity contribution in [2.45, 2.75) is 33.3 Å². The molecule has 0 unspecified atom stereocenters. The van der Waals surface area contributed by atoms with Gasteiger partial charge < -0.3 is 10.4 Å². The summed E-state index contributed by atoms with van der Waals surface area (Å²) in [6.07, 6.45) is 2.34. The molecule has 2 aromatic rings. The summed E-state index contributed by atoms with van der Waals surface area (Å²) in [5, 5.41) is 13.9. The Kier molecular flexibility index (Phi) is 4.74. The maximum atomic E-state index is 9.47. The number of pyridine rings is 1. The molecule has 3 nitrogen and oxygen atoms in total. The van der Waals surface area contributed by atoms with Crippen LogP contribution in [0.4, 0.5) is 5.82 Å². The Morgan fingerprint density at radius 1 is 1.21 bits per heavy atom.